The SMILES string of the molecule is NC(=O)COC(=O)CCC(=O)OCC(N)=O. The zero-order chi connectivity index (χ0) is 12.6. The molecule has 0 saturated heterocycles. The fourth-order valence-electron chi connectivity index (χ4n) is 0.652. The van der Waals surface area contributed by atoms with Gasteiger partial charge in [-0.05, 0) is 0 Å². The molecule has 0 unspecified atom stereocenters. The zero-order valence-corrected chi connectivity index (χ0v) is 8.43. The van der Waals surface area contributed by atoms with Gasteiger partial charge in [-0.1, -0.05) is 0 Å². The minimum absolute atomic E-state index is 0.259. The van der Waals surface area contributed by atoms with Gasteiger partial charge < -0.3 is 20.9 Å². The van der Waals surface area contributed by atoms with E-state index in [2.05, 4.69) is 9.47 Å². The fourth-order valence-corrected chi connectivity index (χ4v) is 0.652. The van der Waals surface area contributed by atoms with Crippen molar-refractivity contribution in [3.63, 3.8) is 0 Å². The summed E-state index contributed by atoms with van der Waals surface area (Å²) in [6.07, 6.45) is -0.518. The van der Waals surface area contributed by atoms with Gasteiger partial charge in [0.2, 0.25) is 0 Å². The molecule has 0 rings (SSSR count). The van der Waals surface area contributed by atoms with Crippen LogP contribution in [0.15, 0.2) is 0 Å². The lowest BCUT2D eigenvalue weighted by atomic mass is 10.3. The highest BCUT2D eigenvalue weighted by Crippen LogP contribution is 1.95. The lowest BCUT2D eigenvalue weighted by Crippen LogP contribution is -2.22. The Kier molecular flexibility index (Phi) is 6.25. The zero-order valence-electron chi connectivity index (χ0n) is 8.43. The number of hydrogen-bond acceptors (Lipinski definition) is 6. The number of amides is 2. The molecule has 90 valence electrons. The second-order valence-corrected chi connectivity index (χ2v) is 2.75. The normalized spacial score (nSPS) is 9.25. The van der Waals surface area contributed by atoms with Crippen LogP contribution in [0.3, 0.4) is 0 Å². The molecule has 0 bridgehead atoms. The molecule has 0 aliphatic rings. The van der Waals surface area contributed by atoms with Crippen molar-refractivity contribution >= 4 is 23.8 Å². The Bertz CT molecular complexity index is 271. The highest BCUT2D eigenvalue weighted by molar-refractivity contribution is 5.82. The van der Waals surface area contributed by atoms with Gasteiger partial charge in [-0.15, -0.1) is 0 Å². The largest absolute Gasteiger partial charge is 0.456 e. The molecule has 0 heterocycles. The van der Waals surface area contributed by atoms with Crippen LogP contribution in [0.1, 0.15) is 12.8 Å². The Labute approximate surface area is 90.8 Å². The number of carbonyl (C=O) groups excluding carboxylic acids is 4. The van der Waals surface area contributed by atoms with Crippen molar-refractivity contribution in [3.05, 3.63) is 0 Å². The van der Waals surface area contributed by atoms with Gasteiger partial charge in [-0.25, -0.2) is 0 Å². The second-order valence-electron chi connectivity index (χ2n) is 2.75. The standard InChI is InChI=1S/C8H12N2O6/c9-5(11)3-15-7(13)1-2-8(14)16-4-6(10)12/h1-4H2,(H2,9,11)(H2,10,12). The quantitative estimate of drug-likeness (QED) is 0.478. The lowest BCUT2D eigenvalue weighted by molar-refractivity contribution is -0.153. The lowest BCUT2D eigenvalue weighted by Gasteiger charge is -2.02. The number of carbonyl (C=O) groups is 4. The van der Waals surface area contributed by atoms with E-state index in [1.165, 1.54) is 0 Å². The smallest absolute Gasteiger partial charge is 0.306 e. The summed E-state index contributed by atoms with van der Waals surface area (Å²) in [6.45, 7) is -1.07. The van der Waals surface area contributed by atoms with Gasteiger partial charge in [-0.2, -0.15) is 0 Å². The maximum atomic E-state index is 10.9. The molecular formula is C8H12N2O6. The highest BCUT2D eigenvalue weighted by atomic mass is 16.5. The van der Waals surface area contributed by atoms with Crippen LogP contribution in [-0.2, 0) is 28.7 Å². The van der Waals surface area contributed by atoms with Crippen molar-refractivity contribution in [1.82, 2.24) is 0 Å². The van der Waals surface area contributed by atoms with E-state index in [-0.39, 0.29) is 12.8 Å². The first kappa shape index (κ1) is 13.9. The number of nitrogens with two attached hydrogens (primary N) is 2. The van der Waals surface area contributed by atoms with Crippen LogP contribution >= 0.6 is 0 Å². The summed E-state index contributed by atoms with van der Waals surface area (Å²) in [7, 11) is 0. The highest BCUT2D eigenvalue weighted by Gasteiger charge is 2.10. The van der Waals surface area contributed by atoms with Crippen molar-refractivity contribution in [3.8, 4) is 0 Å². The maximum Gasteiger partial charge on any atom is 0.306 e. The summed E-state index contributed by atoms with van der Waals surface area (Å²) in [4.78, 5) is 42.2. The first-order valence-electron chi connectivity index (χ1n) is 4.29. The van der Waals surface area contributed by atoms with E-state index in [9.17, 15) is 19.2 Å². The number of primary amides is 2. The fraction of sp³-hybridized carbons (Fsp3) is 0.500. The average molecular weight is 232 g/mol. The van der Waals surface area contributed by atoms with Gasteiger partial charge in [0.05, 0.1) is 12.8 Å². The van der Waals surface area contributed by atoms with Crippen LogP contribution in [0.4, 0.5) is 0 Å². The molecule has 0 fully saturated rings. The molecule has 0 radical (unpaired) electrons. The molecular weight excluding hydrogens is 220 g/mol. The molecule has 0 atom stereocenters. The maximum absolute atomic E-state index is 10.9. The van der Waals surface area contributed by atoms with E-state index in [1.807, 2.05) is 0 Å². The number of ether oxygens (including phenoxy) is 2. The van der Waals surface area contributed by atoms with Gasteiger partial charge in [0.25, 0.3) is 11.8 Å². The molecule has 16 heavy (non-hydrogen) atoms. The number of esters is 2. The summed E-state index contributed by atoms with van der Waals surface area (Å²) in [5.41, 5.74) is 9.44. The summed E-state index contributed by atoms with van der Waals surface area (Å²) < 4.78 is 8.73. The van der Waals surface area contributed by atoms with E-state index in [0.29, 0.717) is 0 Å². The van der Waals surface area contributed by atoms with Crippen LogP contribution in [0.25, 0.3) is 0 Å². The van der Waals surface area contributed by atoms with Gasteiger partial charge in [0, 0.05) is 0 Å². The number of hydrogen-bond donors (Lipinski definition) is 2. The van der Waals surface area contributed by atoms with E-state index < -0.39 is 37.0 Å². The third-order valence-corrected chi connectivity index (χ3v) is 1.28. The topological polar surface area (TPSA) is 139 Å². The monoisotopic (exact) mass is 232 g/mol. The summed E-state index contributed by atoms with van der Waals surface area (Å²) in [6, 6.07) is 0. The predicted molar refractivity (Wildman–Crippen MR) is 49.5 cm³/mol. The average Bonchev–Trinajstić information content (AvgIpc) is 2.20. The minimum atomic E-state index is -0.787. The minimum Gasteiger partial charge on any atom is -0.456 e. The molecule has 8 heteroatoms. The summed E-state index contributed by atoms with van der Waals surface area (Å²) in [5.74, 6) is -3.08. The Morgan fingerprint density at radius 3 is 1.31 bits per heavy atom. The molecule has 8 nitrogen and oxygen atoms in total. The third-order valence-electron chi connectivity index (χ3n) is 1.28. The molecule has 2 amide bonds. The van der Waals surface area contributed by atoms with E-state index in [4.69, 9.17) is 11.5 Å². The van der Waals surface area contributed by atoms with Crippen LogP contribution < -0.4 is 11.5 Å². The molecule has 0 aromatic rings. The van der Waals surface area contributed by atoms with Crippen LogP contribution in [-0.4, -0.2) is 37.0 Å². The van der Waals surface area contributed by atoms with Crippen LogP contribution in [0.2, 0.25) is 0 Å². The van der Waals surface area contributed by atoms with Gasteiger partial charge in [0.1, 0.15) is 0 Å². The van der Waals surface area contributed by atoms with Gasteiger partial charge in [0.15, 0.2) is 13.2 Å². The Balaban J connectivity index is 3.63. The number of rotatable bonds is 7. The van der Waals surface area contributed by atoms with Crippen molar-refractivity contribution < 1.29 is 28.7 Å². The second kappa shape index (κ2) is 7.21. The van der Waals surface area contributed by atoms with Crippen LogP contribution in [0.5, 0.6) is 0 Å². The van der Waals surface area contributed by atoms with E-state index in [1.54, 1.807) is 0 Å². The molecule has 0 aliphatic carbocycles. The van der Waals surface area contributed by atoms with Crippen molar-refractivity contribution in [2.24, 2.45) is 11.5 Å². The molecule has 4 N–H and O–H groups in total. The van der Waals surface area contributed by atoms with Gasteiger partial charge in [-0.3, -0.25) is 19.2 Å². The molecule has 0 spiro atoms. The van der Waals surface area contributed by atoms with Gasteiger partial charge >= 0.3 is 11.9 Å². The molecule has 0 aromatic carbocycles. The summed E-state index contributed by atoms with van der Waals surface area (Å²) >= 11 is 0. The van der Waals surface area contributed by atoms with Crippen molar-refractivity contribution in [2.45, 2.75) is 12.8 Å². The predicted octanol–water partition coefficient (Wildman–Crippen LogP) is -2.18. The van der Waals surface area contributed by atoms with Crippen molar-refractivity contribution in [1.29, 1.82) is 0 Å². The Morgan fingerprint density at radius 2 is 1.06 bits per heavy atom. The third kappa shape index (κ3) is 8.48. The molecule has 0 saturated carbocycles. The first-order chi connectivity index (χ1) is 7.41. The van der Waals surface area contributed by atoms with E-state index in [0.717, 1.165) is 0 Å². The van der Waals surface area contributed by atoms with E-state index >= 15 is 0 Å². The molecule has 0 aliphatic heterocycles. The Morgan fingerprint density at radius 1 is 0.750 bits per heavy atom. The van der Waals surface area contributed by atoms with Crippen LogP contribution in [0, 0.1) is 0 Å². The van der Waals surface area contributed by atoms with Crippen molar-refractivity contribution in [2.75, 3.05) is 13.2 Å². The Hall–Kier alpha value is -2.12. The first-order valence-corrected chi connectivity index (χ1v) is 4.29. The summed E-state index contributed by atoms with van der Waals surface area (Å²) in [5, 5.41) is 0. The molecule has 0 aromatic heterocycles.